The van der Waals surface area contributed by atoms with Gasteiger partial charge in [-0.25, -0.2) is 5.84 Å². The van der Waals surface area contributed by atoms with Gasteiger partial charge in [0.15, 0.2) is 0 Å². The van der Waals surface area contributed by atoms with Crippen molar-refractivity contribution in [2.45, 2.75) is 12.8 Å². The van der Waals surface area contributed by atoms with Gasteiger partial charge in [0.05, 0.1) is 18.2 Å². The van der Waals surface area contributed by atoms with Gasteiger partial charge < -0.3 is 4.74 Å². The molecule has 16 heavy (non-hydrogen) atoms. The zero-order chi connectivity index (χ0) is 11.8. The third-order valence-electron chi connectivity index (χ3n) is 1.96. The Morgan fingerprint density at radius 2 is 2.12 bits per heavy atom. The summed E-state index contributed by atoms with van der Waals surface area (Å²) in [7, 11) is 0. The van der Waals surface area contributed by atoms with Gasteiger partial charge >= 0.3 is 0 Å². The van der Waals surface area contributed by atoms with Crippen LogP contribution in [0.4, 0.5) is 0 Å². The van der Waals surface area contributed by atoms with Crippen molar-refractivity contribution < 1.29 is 9.53 Å². The third kappa shape index (κ3) is 3.98. The van der Waals surface area contributed by atoms with Crippen LogP contribution in [-0.4, -0.2) is 12.5 Å². The molecular formula is C11H13N3O2. The summed E-state index contributed by atoms with van der Waals surface area (Å²) >= 11 is 0. The Kier molecular flexibility index (Phi) is 4.83. The second-order valence-electron chi connectivity index (χ2n) is 3.16. The fraction of sp³-hybridized carbons (Fsp3) is 0.273. The molecule has 0 saturated heterocycles. The summed E-state index contributed by atoms with van der Waals surface area (Å²) in [6, 6.07) is 8.83. The fourth-order valence-corrected chi connectivity index (χ4v) is 1.12. The van der Waals surface area contributed by atoms with E-state index in [1.807, 2.05) is 11.5 Å². The van der Waals surface area contributed by atoms with E-state index in [1.54, 1.807) is 24.3 Å². The number of nitrogens with one attached hydrogen (secondary N) is 1. The molecule has 0 aromatic heterocycles. The number of carbonyl (C=O) groups is 1. The average Bonchev–Trinajstić information content (AvgIpc) is 2.35. The van der Waals surface area contributed by atoms with Crippen LogP contribution in [0.15, 0.2) is 24.3 Å². The monoisotopic (exact) mass is 219 g/mol. The van der Waals surface area contributed by atoms with Gasteiger partial charge in [0.25, 0.3) is 0 Å². The van der Waals surface area contributed by atoms with Crippen LogP contribution in [0.25, 0.3) is 0 Å². The van der Waals surface area contributed by atoms with E-state index in [2.05, 4.69) is 0 Å². The minimum absolute atomic E-state index is 0.205. The molecule has 0 fully saturated rings. The zero-order valence-corrected chi connectivity index (χ0v) is 8.77. The molecule has 84 valence electrons. The van der Waals surface area contributed by atoms with Gasteiger partial charge in [-0.3, -0.25) is 10.2 Å². The first kappa shape index (κ1) is 12.0. The van der Waals surface area contributed by atoms with Gasteiger partial charge in [-0.15, -0.1) is 0 Å². The minimum atomic E-state index is -0.205. The summed E-state index contributed by atoms with van der Waals surface area (Å²) in [5, 5.41) is 8.58. The Morgan fingerprint density at radius 3 is 2.69 bits per heavy atom. The van der Waals surface area contributed by atoms with Crippen LogP contribution >= 0.6 is 0 Å². The maximum atomic E-state index is 10.8. The first-order valence-corrected chi connectivity index (χ1v) is 4.88. The average molecular weight is 219 g/mol. The molecule has 0 saturated carbocycles. The number of carbonyl (C=O) groups excluding carboxylic acids is 1. The van der Waals surface area contributed by atoms with Crippen molar-refractivity contribution in [1.82, 2.24) is 5.43 Å². The lowest BCUT2D eigenvalue weighted by Crippen LogP contribution is -2.29. The molecule has 1 aromatic rings. The number of hydrogen-bond acceptors (Lipinski definition) is 4. The zero-order valence-electron chi connectivity index (χ0n) is 8.77. The summed E-state index contributed by atoms with van der Waals surface area (Å²) in [5.74, 6) is 5.41. The van der Waals surface area contributed by atoms with Gasteiger partial charge in [-0.1, -0.05) is 0 Å². The van der Waals surface area contributed by atoms with Gasteiger partial charge in [0.2, 0.25) is 5.91 Å². The molecule has 0 heterocycles. The second-order valence-corrected chi connectivity index (χ2v) is 3.16. The lowest BCUT2D eigenvalue weighted by atomic mass is 10.2. The molecule has 0 aliphatic heterocycles. The topological polar surface area (TPSA) is 88.1 Å². The number of nitriles is 1. The lowest BCUT2D eigenvalue weighted by molar-refractivity contribution is -0.121. The molecule has 0 radical (unpaired) electrons. The molecule has 3 N–H and O–H groups in total. The molecule has 1 amide bonds. The normalized spacial score (nSPS) is 9.25. The Morgan fingerprint density at radius 1 is 1.44 bits per heavy atom. The standard InChI is InChI=1S/C11H13N3O2/c12-8-9-3-5-10(6-4-9)16-7-1-2-11(15)14-13/h3-6H,1-2,7,13H2,(H,14,15). The van der Waals surface area contributed by atoms with E-state index < -0.39 is 0 Å². The molecule has 0 aliphatic rings. The van der Waals surface area contributed by atoms with E-state index in [1.165, 1.54) is 0 Å². The Bertz CT molecular complexity index is 381. The van der Waals surface area contributed by atoms with Crippen molar-refractivity contribution in [3.8, 4) is 11.8 Å². The predicted octanol–water partition coefficient (Wildman–Crippen LogP) is 0.707. The number of amides is 1. The van der Waals surface area contributed by atoms with Crippen LogP contribution in [-0.2, 0) is 4.79 Å². The fourth-order valence-electron chi connectivity index (χ4n) is 1.12. The largest absolute Gasteiger partial charge is 0.494 e. The number of nitrogens with two attached hydrogens (primary N) is 1. The SMILES string of the molecule is N#Cc1ccc(OCCCC(=O)NN)cc1. The summed E-state index contributed by atoms with van der Waals surface area (Å²) in [6.45, 7) is 0.444. The Balaban J connectivity index is 2.27. The van der Waals surface area contributed by atoms with Crippen LogP contribution in [0.5, 0.6) is 5.75 Å². The highest BCUT2D eigenvalue weighted by molar-refractivity contribution is 5.75. The number of ether oxygens (including phenoxy) is 1. The van der Waals surface area contributed by atoms with Crippen molar-refractivity contribution in [2.75, 3.05) is 6.61 Å². The van der Waals surface area contributed by atoms with E-state index >= 15 is 0 Å². The van der Waals surface area contributed by atoms with Gasteiger partial charge in [-0.05, 0) is 30.7 Å². The molecule has 5 nitrogen and oxygen atoms in total. The molecule has 0 bridgehead atoms. The van der Waals surface area contributed by atoms with E-state index in [4.69, 9.17) is 15.8 Å². The maximum Gasteiger partial charge on any atom is 0.234 e. The van der Waals surface area contributed by atoms with E-state index in [9.17, 15) is 4.79 Å². The van der Waals surface area contributed by atoms with Crippen molar-refractivity contribution >= 4 is 5.91 Å². The predicted molar refractivity (Wildman–Crippen MR) is 58.2 cm³/mol. The van der Waals surface area contributed by atoms with E-state index in [0.717, 1.165) is 0 Å². The summed E-state index contributed by atoms with van der Waals surface area (Å²) < 4.78 is 5.37. The highest BCUT2D eigenvalue weighted by Gasteiger charge is 1.98. The van der Waals surface area contributed by atoms with Crippen LogP contribution in [0, 0.1) is 11.3 Å². The van der Waals surface area contributed by atoms with E-state index in [0.29, 0.717) is 30.8 Å². The van der Waals surface area contributed by atoms with Crippen molar-refractivity contribution in [3.63, 3.8) is 0 Å². The highest BCUT2D eigenvalue weighted by atomic mass is 16.5. The second kappa shape index (κ2) is 6.43. The van der Waals surface area contributed by atoms with E-state index in [-0.39, 0.29) is 5.91 Å². The van der Waals surface area contributed by atoms with Crippen molar-refractivity contribution in [3.05, 3.63) is 29.8 Å². The van der Waals surface area contributed by atoms with Crippen LogP contribution in [0.2, 0.25) is 0 Å². The number of hydrazine groups is 1. The number of hydrogen-bond donors (Lipinski definition) is 2. The molecule has 0 spiro atoms. The van der Waals surface area contributed by atoms with Gasteiger partial charge in [0, 0.05) is 6.42 Å². The summed E-state index contributed by atoms with van der Waals surface area (Å²) in [6.07, 6.45) is 0.940. The summed E-state index contributed by atoms with van der Waals surface area (Å²) in [4.78, 5) is 10.8. The van der Waals surface area contributed by atoms with Gasteiger partial charge in [-0.2, -0.15) is 5.26 Å². The minimum Gasteiger partial charge on any atom is -0.494 e. The molecule has 1 rings (SSSR count). The molecule has 5 heteroatoms. The van der Waals surface area contributed by atoms with Crippen LogP contribution < -0.4 is 16.0 Å². The molecule has 0 atom stereocenters. The Hall–Kier alpha value is -2.06. The molecule has 0 unspecified atom stereocenters. The Labute approximate surface area is 93.8 Å². The van der Waals surface area contributed by atoms with Gasteiger partial charge in [0.1, 0.15) is 5.75 Å². The first-order valence-electron chi connectivity index (χ1n) is 4.88. The molecule has 0 aliphatic carbocycles. The van der Waals surface area contributed by atoms with Crippen molar-refractivity contribution in [1.29, 1.82) is 5.26 Å². The van der Waals surface area contributed by atoms with Crippen molar-refractivity contribution in [2.24, 2.45) is 5.84 Å². The smallest absolute Gasteiger partial charge is 0.234 e. The number of rotatable bonds is 5. The lowest BCUT2D eigenvalue weighted by Gasteiger charge is -2.05. The first-order chi connectivity index (χ1) is 7.76. The maximum absolute atomic E-state index is 10.8. The third-order valence-corrected chi connectivity index (χ3v) is 1.96. The summed E-state index contributed by atoms with van der Waals surface area (Å²) in [5.41, 5.74) is 2.64. The molecule has 1 aromatic carbocycles. The number of nitrogens with zero attached hydrogens (tertiary/aromatic N) is 1. The number of benzene rings is 1. The highest BCUT2D eigenvalue weighted by Crippen LogP contribution is 2.11. The quantitative estimate of drug-likeness (QED) is 0.330. The van der Waals surface area contributed by atoms with Crippen LogP contribution in [0.1, 0.15) is 18.4 Å². The molecular weight excluding hydrogens is 206 g/mol. The van der Waals surface area contributed by atoms with Crippen LogP contribution in [0.3, 0.4) is 0 Å².